The summed E-state index contributed by atoms with van der Waals surface area (Å²) >= 11 is 0. The van der Waals surface area contributed by atoms with Gasteiger partial charge in [0.1, 0.15) is 18.2 Å². The molecule has 0 aliphatic rings. The molecule has 0 aromatic carbocycles. The highest BCUT2D eigenvalue weighted by molar-refractivity contribution is 7.90. The summed E-state index contributed by atoms with van der Waals surface area (Å²) in [6.45, 7) is 5.01. The Kier molecular flexibility index (Phi) is 9.99. The minimum atomic E-state index is -3.19. The number of hydrogen-bond acceptors (Lipinski definition) is 7. The lowest BCUT2D eigenvalue weighted by atomic mass is 10.1. The smallest absolute Gasteiger partial charge is 0.408 e. The Morgan fingerprint density at radius 2 is 1.73 bits per heavy atom. The van der Waals surface area contributed by atoms with Crippen molar-refractivity contribution in [1.82, 2.24) is 10.6 Å². The second-order valence-corrected chi connectivity index (χ2v) is 8.99. The lowest BCUT2D eigenvalue weighted by molar-refractivity contribution is -0.139. The van der Waals surface area contributed by atoms with Crippen LogP contribution in [0.25, 0.3) is 0 Å². The Hall–Kier alpha value is -2.04. The molecule has 1 atom stereocenters. The maximum atomic E-state index is 11.6. The Labute approximate surface area is 153 Å². The van der Waals surface area contributed by atoms with Crippen molar-refractivity contribution in [3.8, 4) is 0 Å². The third kappa shape index (κ3) is 14.3. The van der Waals surface area contributed by atoms with Gasteiger partial charge in [-0.1, -0.05) is 0 Å². The maximum absolute atomic E-state index is 11.6. The van der Waals surface area contributed by atoms with E-state index in [0.29, 0.717) is 12.8 Å². The maximum Gasteiger partial charge on any atom is 0.408 e. The van der Waals surface area contributed by atoms with E-state index >= 15 is 0 Å². The van der Waals surface area contributed by atoms with Gasteiger partial charge < -0.3 is 25.2 Å². The van der Waals surface area contributed by atoms with E-state index in [0.717, 1.165) is 6.26 Å². The molecule has 1 unspecified atom stereocenters. The average molecular weight is 396 g/mol. The molecule has 0 aromatic rings. The number of ether oxygens (including phenoxy) is 2. The van der Waals surface area contributed by atoms with E-state index in [1.54, 1.807) is 20.8 Å². The monoisotopic (exact) mass is 396 g/mol. The van der Waals surface area contributed by atoms with Gasteiger partial charge in [0.25, 0.3) is 0 Å². The van der Waals surface area contributed by atoms with E-state index in [4.69, 9.17) is 9.84 Å². The van der Waals surface area contributed by atoms with Crippen molar-refractivity contribution in [2.24, 2.45) is 0 Å². The molecule has 0 rings (SSSR count). The fourth-order valence-corrected chi connectivity index (χ4v) is 2.09. The molecule has 0 bridgehead atoms. The van der Waals surface area contributed by atoms with Crippen LogP contribution >= 0.6 is 0 Å². The van der Waals surface area contributed by atoms with Crippen molar-refractivity contribution in [1.29, 1.82) is 0 Å². The van der Waals surface area contributed by atoms with Crippen LogP contribution < -0.4 is 10.6 Å². The van der Waals surface area contributed by atoms with Crippen molar-refractivity contribution in [2.75, 3.05) is 25.2 Å². The molecule has 0 aliphatic carbocycles. The summed E-state index contributed by atoms with van der Waals surface area (Å²) in [4.78, 5) is 34.1. The number of aliphatic carboxylic acids is 1. The highest BCUT2D eigenvalue weighted by Gasteiger charge is 2.23. The van der Waals surface area contributed by atoms with E-state index in [9.17, 15) is 22.8 Å². The van der Waals surface area contributed by atoms with E-state index in [1.807, 2.05) is 0 Å². The normalized spacial score (nSPS) is 12.8. The van der Waals surface area contributed by atoms with Crippen molar-refractivity contribution in [2.45, 2.75) is 51.7 Å². The molecule has 0 aliphatic heterocycles. The van der Waals surface area contributed by atoms with Gasteiger partial charge in [-0.15, -0.1) is 0 Å². The number of alkyl carbamates (subject to hydrolysis) is 2. The fourth-order valence-electron chi connectivity index (χ4n) is 1.71. The van der Waals surface area contributed by atoms with Crippen LogP contribution in [0.3, 0.4) is 0 Å². The third-order valence-electron chi connectivity index (χ3n) is 2.87. The van der Waals surface area contributed by atoms with E-state index in [-0.39, 0.29) is 25.3 Å². The molecule has 2 amide bonds. The Balaban J connectivity index is 4.02. The molecule has 0 spiro atoms. The zero-order valence-electron chi connectivity index (χ0n) is 15.5. The largest absolute Gasteiger partial charge is 0.480 e. The van der Waals surface area contributed by atoms with Crippen LogP contribution in [0, 0.1) is 0 Å². The first kappa shape index (κ1) is 24.0. The number of carboxylic acids is 1. The predicted octanol–water partition coefficient (Wildman–Crippen LogP) is 0.905. The standard InChI is InChI=1S/C15H28N2O8S/c1-15(2,3)25-14(21)17-11(12(18)19)7-5-6-8-16-13(20)24-9-10-26(4,22)23/h11H,5-10H2,1-4H3,(H,16,20)(H,17,21)(H,18,19). The lowest BCUT2D eigenvalue weighted by Gasteiger charge is -2.22. The molecule has 0 saturated heterocycles. The van der Waals surface area contributed by atoms with E-state index < -0.39 is 39.6 Å². The van der Waals surface area contributed by atoms with E-state index in [2.05, 4.69) is 15.4 Å². The summed E-state index contributed by atoms with van der Waals surface area (Å²) in [7, 11) is -3.19. The number of sulfone groups is 1. The molecule has 0 aromatic heterocycles. The molecule has 10 nitrogen and oxygen atoms in total. The molecule has 0 saturated carbocycles. The van der Waals surface area contributed by atoms with Crippen molar-refractivity contribution < 1.29 is 37.4 Å². The van der Waals surface area contributed by atoms with Gasteiger partial charge in [-0.05, 0) is 40.0 Å². The number of hydrogen-bond donors (Lipinski definition) is 3. The number of carbonyl (C=O) groups excluding carboxylic acids is 2. The average Bonchev–Trinajstić information content (AvgIpc) is 2.42. The second-order valence-electron chi connectivity index (χ2n) is 6.73. The molecule has 0 fully saturated rings. The summed E-state index contributed by atoms with van der Waals surface area (Å²) in [6.07, 6.45) is 0.544. The van der Waals surface area contributed by atoms with E-state index in [1.165, 1.54) is 0 Å². The van der Waals surface area contributed by atoms with Gasteiger partial charge in [-0.25, -0.2) is 22.8 Å². The van der Waals surface area contributed by atoms with Crippen LogP contribution in [0.4, 0.5) is 9.59 Å². The molecule has 0 heterocycles. The van der Waals surface area contributed by atoms with Gasteiger partial charge in [-0.3, -0.25) is 0 Å². The van der Waals surface area contributed by atoms with Crippen LogP contribution in [0.1, 0.15) is 40.0 Å². The third-order valence-corrected chi connectivity index (χ3v) is 3.77. The van der Waals surface area contributed by atoms with Crippen LogP contribution in [-0.4, -0.2) is 68.5 Å². The number of nitrogens with one attached hydrogen (secondary N) is 2. The lowest BCUT2D eigenvalue weighted by Crippen LogP contribution is -2.43. The zero-order chi connectivity index (χ0) is 20.4. The number of carbonyl (C=O) groups is 3. The molecule has 3 N–H and O–H groups in total. The molecule has 152 valence electrons. The SMILES string of the molecule is CC(C)(C)OC(=O)NC(CCCCNC(=O)OCCS(C)(=O)=O)C(=O)O. The predicted molar refractivity (Wildman–Crippen MR) is 93.7 cm³/mol. The molecule has 26 heavy (non-hydrogen) atoms. The van der Waals surface area contributed by atoms with Gasteiger partial charge in [0.2, 0.25) is 0 Å². The van der Waals surface area contributed by atoms with Crippen molar-refractivity contribution in [3.05, 3.63) is 0 Å². The summed E-state index contributed by atoms with van der Waals surface area (Å²) in [5, 5.41) is 13.8. The Morgan fingerprint density at radius 3 is 2.23 bits per heavy atom. The summed E-state index contributed by atoms with van der Waals surface area (Å²) < 4.78 is 31.5. The number of unbranched alkanes of at least 4 members (excludes halogenated alkanes) is 1. The minimum Gasteiger partial charge on any atom is -0.480 e. The number of rotatable bonds is 10. The first-order chi connectivity index (χ1) is 11.8. The van der Waals surface area contributed by atoms with Crippen molar-refractivity contribution >= 4 is 28.0 Å². The first-order valence-corrected chi connectivity index (χ1v) is 10.2. The number of amides is 2. The van der Waals surface area contributed by atoms with Gasteiger partial charge in [0.15, 0.2) is 9.84 Å². The molecular formula is C15H28N2O8S. The quantitative estimate of drug-likeness (QED) is 0.461. The van der Waals surface area contributed by atoms with Crippen LogP contribution in [0.2, 0.25) is 0 Å². The highest BCUT2D eigenvalue weighted by atomic mass is 32.2. The summed E-state index contributed by atoms with van der Waals surface area (Å²) in [6, 6.07) is -1.09. The molecule has 0 radical (unpaired) electrons. The zero-order valence-corrected chi connectivity index (χ0v) is 16.3. The first-order valence-electron chi connectivity index (χ1n) is 8.11. The second kappa shape index (κ2) is 10.8. The number of carboxylic acid groups (broad SMARTS) is 1. The Bertz CT molecular complexity index is 583. The van der Waals surface area contributed by atoms with Gasteiger partial charge in [0, 0.05) is 12.8 Å². The fraction of sp³-hybridized carbons (Fsp3) is 0.800. The molecule has 11 heteroatoms. The van der Waals surface area contributed by atoms with Crippen LogP contribution in [0.15, 0.2) is 0 Å². The topological polar surface area (TPSA) is 148 Å². The van der Waals surface area contributed by atoms with Crippen molar-refractivity contribution in [3.63, 3.8) is 0 Å². The van der Waals surface area contributed by atoms with Gasteiger partial charge >= 0.3 is 18.2 Å². The Morgan fingerprint density at radius 1 is 1.12 bits per heavy atom. The summed E-state index contributed by atoms with van der Waals surface area (Å²) in [5.41, 5.74) is -0.728. The van der Waals surface area contributed by atoms with Gasteiger partial charge in [0.05, 0.1) is 5.75 Å². The van der Waals surface area contributed by atoms with Crippen LogP contribution in [-0.2, 0) is 24.1 Å². The van der Waals surface area contributed by atoms with Crippen LogP contribution in [0.5, 0.6) is 0 Å². The minimum absolute atomic E-state index is 0.166. The summed E-state index contributed by atoms with van der Waals surface area (Å²) in [5.74, 6) is -1.43. The highest BCUT2D eigenvalue weighted by Crippen LogP contribution is 2.08. The van der Waals surface area contributed by atoms with Gasteiger partial charge in [-0.2, -0.15) is 0 Å². The molecular weight excluding hydrogens is 368 g/mol.